The van der Waals surface area contributed by atoms with Gasteiger partial charge in [0.1, 0.15) is 12.3 Å². The molecule has 1 N–H and O–H groups in total. The average Bonchev–Trinajstić information content (AvgIpc) is 2.69. The van der Waals surface area contributed by atoms with E-state index in [1.165, 1.54) is 23.8 Å². The first-order valence-electron chi connectivity index (χ1n) is 8.74. The minimum atomic E-state index is -0.449. The van der Waals surface area contributed by atoms with Gasteiger partial charge in [-0.05, 0) is 24.6 Å². The van der Waals surface area contributed by atoms with E-state index in [2.05, 4.69) is 5.32 Å². The lowest BCUT2D eigenvalue weighted by molar-refractivity contribution is 0.100. The normalized spacial score (nSPS) is 10.4. The highest BCUT2D eigenvalue weighted by atomic mass is 16.5. The van der Waals surface area contributed by atoms with Crippen molar-refractivity contribution in [3.8, 4) is 5.75 Å². The van der Waals surface area contributed by atoms with Crippen LogP contribution in [0.25, 0.3) is 0 Å². The van der Waals surface area contributed by atoms with Crippen LogP contribution in [0.4, 0.5) is 5.69 Å². The quantitative estimate of drug-likeness (QED) is 0.669. The van der Waals surface area contributed by atoms with Crippen LogP contribution in [0.5, 0.6) is 5.75 Å². The first-order chi connectivity index (χ1) is 13.4. The zero-order valence-corrected chi connectivity index (χ0v) is 15.6. The zero-order chi connectivity index (χ0) is 20.1. The Balaban J connectivity index is 1.76. The third kappa shape index (κ3) is 4.54. The fourth-order valence-corrected chi connectivity index (χ4v) is 2.69. The van der Waals surface area contributed by atoms with Crippen molar-refractivity contribution in [2.24, 2.45) is 7.05 Å². The van der Waals surface area contributed by atoms with Crippen LogP contribution in [0.2, 0.25) is 0 Å². The molecule has 0 radical (unpaired) electrons. The monoisotopic (exact) mass is 376 g/mol. The number of aromatic nitrogens is 1. The summed E-state index contributed by atoms with van der Waals surface area (Å²) in [5.41, 5.74) is 1.73. The van der Waals surface area contributed by atoms with Gasteiger partial charge in [0, 0.05) is 24.4 Å². The molecule has 0 unspecified atom stereocenters. The van der Waals surface area contributed by atoms with Gasteiger partial charge in [0.05, 0.1) is 6.20 Å². The van der Waals surface area contributed by atoms with Crippen LogP contribution >= 0.6 is 0 Å². The van der Waals surface area contributed by atoms with E-state index in [-0.39, 0.29) is 29.3 Å². The zero-order valence-electron chi connectivity index (χ0n) is 15.6. The van der Waals surface area contributed by atoms with E-state index in [0.29, 0.717) is 11.3 Å². The number of carbonyl (C=O) groups excluding carboxylic acids is 2. The third-order valence-electron chi connectivity index (χ3n) is 4.20. The highest BCUT2D eigenvalue weighted by molar-refractivity contribution is 6.04. The summed E-state index contributed by atoms with van der Waals surface area (Å²) in [4.78, 5) is 36.4. The predicted molar refractivity (Wildman–Crippen MR) is 107 cm³/mol. The Kier molecular flexibility index (Phi) is 5.69. The summed E-state index contributed by atoms with van der Waals surface area (Å²) in [6.07, 6.45) is 1.49. The van der Waals surface area contributed by atoms with Crippen molar-refractivity contribution < 1.29 is 14.3 Å². The molecule has 6 nitrogen and oxygen atoms in total. The van der Waals surface area contributed by atoms with Crippen molar-refractivity contribution in [3.63, 3.8) is 0 Å². The highest BCUT2D eigenvalue weighted by Gasteiger charge is 2.14. The minimum Gasteiger partial charge on any atom is -0.483 e. The van der Waals surface area contributed by atoms with Gasteiger partial charge in [-0.15, -0.1) is 0 Å². The van der Waals surface area contributed by atoms with Gasteiger partial charge in [-0.2, -0.15) is 0 Å². The Labute approximate surface area is 162 Å². The second-order valence-electron chi connectivity index (χ2n) is 6.36. The molecule has 0 atom stereocenters. The van der Waals surface area contributed by atoms with Crippen LogP contribution < -0.4 is 15.5 Å². The van der Waals surface area contributed by atoms with E-state index >= 15 is 0 Å². The number of rotatable bonds is 6. The van der Waals surface area contributed by atoms with Gasteiger partial charge in [-0.25, -0.2) is 0 Å². The van der Waals surface area contributed by atoms with Gasteiger partial charge in [0.2, 0.25) is 5.43 Å². The largest absolute Gasteiger partial charge is 0.483 e. The number of carbonyl (C=O) groups is 2. The number of ether oxygens (including phenoxy) is 1. The molecule has 0 saturated carbocycles. The lowest BCUT2D eigenvalue weighted by Gasteiger charge is -2.12. The molecular weight excluding hydrogens is 356 g/mol. The number of hydrogen-bond acceptors (Lipinski definition) is 4. The van der Waals surface area contributed by atoms with E-state index in [4.69, 9.17) is 4.74 Å². The predicted octanol–water partition coefficient (Wildman–Crippen LogP) is 3.42. The van der Waals surface area contributed by atoms with Crippen molar-refractivity contribution in [1.29, 1.82) is 0 Å². The SMILES string of the molecule is CC(=O)c1cccc(NC(=O)c2cc(=O)c(OCc3ccccc3)cn2C)c1. The van der Waals surface area contributed by atoms with E-state index in [9.17, 15) is 14.4 Å². The number of hydrogen-bond donors (Lipinski definition) is 1. The fraction of sp³-hybridized carbons (Fsp3) is 0.136. The molecule has 0 fully saturated rings. The van der Waals surface area contributed by atoms with Crippen LogP contribution in [-0.2, 0) is 13.7 Å². The number of pyridine rings is 1. The summed E-state index contributed by atoms with van der Waals surface area (Å²) in [5.74, 6) is -0.375. The molecule has 3 aromatic rings. The standard InChI is InChI=1S/C22H20N2O4/c1-15(25)17-9-6-10-18(11-17)23-22(27)19-12-20(26)21(13-24(19)2)28-14-16-7-4-3-5-8-16/h3-13H,14H2,1-2H3,(H,23,27). The van der Waals surface area contributed by atoms with Crippen molar-refractivity contribution in [2.45, 2.75) is 13.5 Å². The van der Waals surface area contributed by atoms with E-state index in [1.807, 2.05) is 30.3 Å². The lowest BCUT2D eigenvalue weighted by Crippen LogP contribution is -2.21. The fourth-order valence-electron chi connectivity index (χ4n) is 2.69. The van der Waals surface area contributed by atoms with Gasteiger partial charge in [0.15, 0.2) is 11.5 Å². The number of benzene rings is 2. The topological polar surface area (TPSA) is 77.4 Å². The molecule has 0 aliphatic carbocycles. The molecule has 28 heavy (non-hydrogen) atoms. The molecule has 6 heteroatoms. The summed E-state index contributed by atoms with van der Waals surface area (Å²) in [7, 11) is 1.66. The van der Waals surface area contributed by atoms with Gasteiger partial charge >= 0.3 is 0 Å². The maximum Gasteiger partial charge on any atom is 0.272 e. The molecular formula is C22H20N2O4. The summed E-state index contributed by atoms with van der Waals surface area (Å²) >= 11 is 0. The Morgan fingerprint density at radius 2 is 1.79 bits per heavy atom. The minimum absolute atomic E-state index is 0.0941. The van der Waals surface area contributed by atoms with E-state index in [1.54, 1.807) is 31.3 Å². The van der Waals surface area contributed by atoms with Gasteiger partial charge < -0.3 is 14.6 Å². The average molecular weight is 376 g/mol. The number of nitrogens with zero attached hydrogens (tertiary/aromatic N) is 1. The van der Waals surface area contributed by atoms with Crippen molar-refractivity contribution in [1.82, 2.24) is 4.57 Å². The summed E-state index contributed by atoms with van der Waals surface area (Å²) in [6.45, 7) is 1.72. The molecule has 0 spiro atoms. The van der Waals surface area contributed by atoms with Gasteiger partial charge in [-0.3, -0.25) is 14.4 Å². The second-order valence-corrected chi connectivity index (χ2v) is 6.36. The number of ketones is 1. The van der Waals surface area contributed by atoms with Crippen molar-refractivity contribution in [2.75, 3.05) is 5.32 Å². The summed E-state index contributed by atoms with van der Waals surface area (Å²) in [5, 5.41) is 2.71. The first kappa shape index (κ1) is 19.1. The molecule has 1 aromatic heterocycles. The first-order valence-corrected chi connectivity index (χ1v) is 8.74. The van der Waals surface area contributed by atoms with Crippen LogP contribution in [0.15, 0.2) is 71.7 Å². The van der Waals surface area contributed by atoms with E-state index in [0.717, 1.165) is 5.56 Å². The molecule has 142 valence electrons. The van der Waals surface area contributed by atoms with Crippen molar-refractivity contribution >= 4 is 17.4 Å². The molecule has 3 rings (SSSR count). The highest BCUT2D eigenvalue weighted by Crippen LogP contribution is 2.14. The smallest absolute Gasteiger partial charge is 0.272 e. The molecule has 0 aliphatic heterocycles. The summed E-state index contributed by atoms with van der Waals surface area (Å²) < 4.78 is 7.13. The summed E-state index contributed by atoms with van der Waals surface area (Å²) in [6, 6.07) is 17.4. The van der Waals surface area contributed by atoms with Crippen LogP contribution in [0.1, 0.15) is 33.3 Å². The molecule has 1 heterocycles. The number of anilines is 1. The lowest BCUT2D eigenvalue weighted by atomic mass is 10.1. The maximum atomic E-state index is 12.6. The molecule has 0 saturated heterocycles. The Hall–Kier alpha value is -3.67. The Bertz CT molecular complexity index is 1070. The molecule has 0 bridgehead atoms. The number of amides is 1. The van der Waals surface area contributed by atoms with Gasteiger partial charge in [-0.1, -0.05) is 42.5 Å². The Morgan fingerprint density at radius 1 is 1.04 bits per heavy atom. The van der Waals surface area contributed by atoms with Crippen LogP contribution in [-0.4, -0.2) is 16.3 Å². The molecule has 0 aliphatic rings. The van der Waals surface area contributed by atoms with Crippen molar-refractivity contribution in [3.05, 3.63) is 93.9 Å². The molecule has 2 aromatic carbocycles. The maximum absolute atomic E-state index is 12.6. The molecule has 1 amide bonds. The Morgan fingerprint density at radius 3 is 2.50 bits per heavy atom. The number of Topliss-reactive ketones (excluding diaryl/α,β-unsaturated/α-hetero) is 1. The van der Waals surface area contributed by atoms with E-state index < -0.39 is 5.91 Å². The third-order valence-corrected chi connectivity index (χ3v) is 4.20. The number of aryl methyl sites for hydroxylation is 1. The van der Waals surface area contributed by atoms with Crippen LogP contribution in [0.3, 0.4) is 0 Å². The van der Waals surface area contributed by atoms with Crippen LogP contribution in [0, 0.1) is 0 Å². The second kappa shape index (κ2) is 8.35. The number of nitrogens with one attached hydrogen (secondary N) is 1. The van der Waals surface area contributed by atoms with Gasteiger partial charge in [0.25, 0.3) is 5.91 Å².